The molecule has 1 aliphatic rings. The van der Waals surface area contributed by atoms with Gasteiger partial charge >= 0.3 is 6.67 Å². The Hall–Kier alpha value is -2.22. The summed E-state index contributed by atoms with van der Waals surface area (Å²) in [5, 5.41) is 0. The minimum atomic E-state index is 1.11. The number of hydrogen-bond acceptors (Lipinski definition) is 1. The van der Waals surface area contributed by atoms with Crippen LogP contribution in [0.2, 0.25) is 0 Å². The van der Waals surface area contributed by atoms with Gasteiger partial charge in [-0.2, -0.15) is 4.99 Å². The summed E-state index contributed by atoms with van der Waals surface area (Å²) in [5.41, 5.74) is 11.2. The lowest BCUT2D eigenvalue weighted by Gasteiger charge is -2.11. The van der Waals surface area contributed by atoms with Crippen LogP contribution in [0.15, 0.2) is 29.3 Å². The molecule has 0 fully saturated rings. The SMILES string of the molecule is Cc1cc(C)c(C2=[N+](c3c(C)cc(C)cc3C)[C]N=C2)c(C)c1. The smallest absolute Gasteiger partial charge is 0.198 e. The van der Waals surface area contributed by atoms with E-state index in [0.29, 0.717) is 0 Å². The van der Waals surface area contributed by atoms with Crippen LogP contribution in [-0.2, 0) is 0 Å². The third kappa shape index (κ3) is 2.74. The predicted octanol–water partition coefficient (Wildman–Crippen LogP) is 4.75. The molecule has 23 heavy (non-hydrogen) atoms. The average molecular weight is 303 g/mol. The fourth-order valence-electron chi connectivity index (χ4n) is 3.72. The molecule has 0 saturated heterocycles. The second kappa shape index (κ2) is 5.77. The van der Waals surface area contributed by atoms with Gasteiger partial charge in [0.05, 0.1) is 5.56 Å². The molecule has 0 spiro atoms. The minimum Gasteiger partial charge on any atom is -0.198 e. The molecule has 0 aromatic heterocycles. The van der Waals surface area contributed by atoms with Crippen molar-refractivity contribution in [3.8, 4) is 0 Å². The van der Waals surface area contributed by atoms with Crippen LogP contribution in [0, 0.1) is 48.2 Å². The second-order valence-corrected chi connectivity index (χ2v) is 6.60. The highest BCUT2D eigenvalue weighted by Crippen LogP contribution is 2.29. The summed E-state index contributed by atoms with van der Waals surface area (Å²) in [4.78, 5) is 4.32. The van der Waals surface area contributed by atoms with E-state index in [1.165, 1.54) is 44.6 Å². The Morgan fingerprint density at radius 2 is 1.22 bits per heavy atom. The summed E-state index contributed by atoms with van der Waals surface area (Å²) in [6, 6.07) is 8.90. The lowest BCUT2D eigenvalue weighted by Crippen LogP contribution is -2.16. The first-order valence-electron chi connectivity index (χ1n) is 8.00. The molecule has 2 aromatic rings. The van der Waals surface area contributed by atoms with Crippen molar-refractivity contribution in [1.29, 1.82) is 0 Å². The first-order chi connectivity index (χ1) is 10.9. The van der Waals surface area contributed by atoms with Crippen LogP contribution in [0.1, 0.15) is 38.9 Å². The van der Waals surface area contributed by atoms with Crippen molar-refractivity contribution in [2.75, 3.05) is 0 Å². The van der Waals surface area contributed by atoms with Gasteiger partial charge in [-0.3, -0.25) is 0 Å². The fraction of sp³-hybridized carbons (Fsp3) is 0.286. The molecule has 2 radical (unpaired) electrons. The van der Waals surface area contributed by atoms with Crippen molar-refractivity contribution in [2.24, 2.45) is 4.99 Å². The number of rotatable bonds is 2. The van der Waals surface area contributed by atoms with Crippen molar-refractivity contribution in [1.82, 2.24) is 0 Å². The Morgan fingerprint density at radius 1 is 0.739 bits per heavy atom. The Balaban J connectivity index is 2.27. The van der Waals surface area contributed by atoms with E-state index in [2.05, 4.69) is 82.0 Å². The van der Waals surface area contributed by atoms with E-state index in [9.17, 15) is 0 Å². The van der Waals surface area contributed by atoms with Gasteiger partial charge < -0.3 is 0 Å². The van der Waals surface area contributed by atoms with Gasteiger partial charge in [0, 0.05) is 11.1 Å². The molecule has 0 bridgehead atoms. The van der Waals surface area contributed by atoms with Gasteiger partial charge in [0.1, 0.15) is 6.21 Å². The van der Waals surface area contributed by atoms with Crippen molar-refractivity contribution in [2.45, 2.75) is 41.5 Å². The molecule has 0 saturated carbocycles. The first-order valence-corrected chi connectivity index (χ1v) is 8.00. The molecule has 0 aliphatic carbocycles. The molecule has 1 heterocycles. The molecular weight excluding hydrogens is 280 g/mol. The maximum Gasteiger partial charge on any atom is 0.458 e. The third-order valence-electron chi connectivity index (χ3n) is 4.38. The Morgan fingerprint density at radius 3 is 1.74 bits per heavy atom. The highest BCUT2D eigenvalue weighted by Gasteiger charge is 2.30. The zero-order chi connectivity index (χ0) is 16.7. The molecule has 2 aromatic carbocycles. The van der Waals surface area contributed by atoms with Crippen LogP contribution in [0.25, 0.3) is 0 Å². The number of aliphatic imine (C=N–C) groups is 1. The number of hydrogen-bond donors (Lipinski definition) is 0. The molecule has 116 valence electrons. The summed E-state index contributed by atoms with van der Waals surface area (Å²) in [6.07, 6.45) is 1.92. The quantitative estimate of drug-likeness (QED) is 0.711. The molecule has 3 rings (SSSR count). The summed E-state index contributed by atoms with van der Waals surface area (Å²) in [5.74, 6) is 0. The molecule has 0 amide bonds. The zero-order valence-electron chi connectivity index (χ0n) is 14.8. The Bertz CT molecular complexity index is 808. The van der Waals surface area contributed by atoms with Crippen molar-refractivity contribution in [3.05, 3.63) is 69.9 Å². The van der Waals surface area contributed by atoms with E-state index in [4.69, 9.17) is 0 Å². The lowest BCUT2D eigenvalue weighted by atomic mass is 9.96. The summed E-state index contributed by atoms with van der Waals surface area (Å²) in [7, 11) is 0. The van der Waals surface area contributed by atoms with E-state index in [1.54, 1.807) is 0 Å². The van der Waals surface area contributed by atoms with Crippen LogP contribution < -0.4 is 0 Å². The molecule has 2 heteroatoms. The topological polar surface area (TPSA) is 15.4 Å². The number of benzene rings is 2. The average Bonchev–Trinajstić information content (AvgIpc) is 2.85. The van der Waals surface area contributed by atoms with E-state index in [1.807, 2.05) is 6.21 Å². The van der Waals surface area contributed by atoms with Crippen LogP contribution in [-0.4, -0.2) is 16.5 Å². The van der Waals surface area contributed by atoms with E-state index in [-0.39, 0.29) is 0 Å². The van der Waals surface area contributed by atoms with E-state index in [0.717, 1.165) is 5.71 Å². The maximum atomic E-state index is 4.32. The Kier molecular flexibility index (Phi) is 3.93. The monoisotopic (exact) mass is 303 g/mol. The second-order valence-electron chi connectivity index (χ2n) is 6.60. The van der Waals surface area contributed by atoms with E-state index < -0.39 is 0 Å². The highest BCUT2D eigenvalue weighted by atomic mass is 15.1. The molecule has 1 aliphatic heterocycles. The summed E-state index contributed by atoms with van der Waals surface area (Å²) in [6.45, 7) is 16.1. The Labute approximate surface area is 139 Å². The fourth-order valence-corrected chi connectivity index (χ4v) is 3.72. The molecule has 2 nitrogen and oxygen atoms in total. The molecule has 0 unspecified atom stereocenters. The van der Waals surface area contributed by atoms with Gasteiger partial charge in [-0.05, 0) is 64.8 Å². The van der Waals surface area contributed by atoms with Gasteiger partial charge in [-0.15, -0.1) is 4.58 Å². The van der Waals surface area contributed by atoms with Gasteiger partial charge in [0.15, 0.2) is 0 Å². The highest BCUT2D eigenvalue weighted by molar-refractivity contribution is 6.37. The van der Waals surface area contributed by atoms with Crippen molar-refractivity contribution in [3.63, 3.8) is 0 Å². The van der Waals surface area contributed by atoms with Crippen LogP contribution in [0.4, 0.5) is 5.69 Å². The van der Waals surface area contributed by atoms with Gasteiger partial charge in [0.25, 0.3) is 0 Å². The van der Waals surface area contributed by atoms with Gasteiger partial charge in [-0.25, -0.2) is 0 Å². The third-order valence-corrected chi connectivity index (χ3v) is 4.38. The largest absolute Gasteiger partial charge is 0.458 e. The first kappa shape index (κ1) is 15.7. The number of aryl methyl sites for hydroxylation is 6. The molecule has 0 N–H and O–H groups in total. The predicted molar refractivity (Wildman–Crippen MR) is 97.1 cm³/mol. The molecule has 0 atom stereocenters. The van der Waals surface area contributed by atoms with Crippen LogP contribution >= 0.6 is 0 Å². The van der Waals surface area contributed by atoms with Crippen LogP contribution in [0.3, 0.4) is 0 Å². The van der Waals surface area contributed by atoms with Crippen molar-refractivity contribution < 1.29 is 4.58 Å². The van der Waals surface area contributed by atoms with Gasteiger partial charge in [-0.1, -0.05) is 23.3 Å². The number of nitrogens with zero attached hydrogens (tertiary/aromatic N) is 2. The summed E-state index contributed by atoms with van der Waals surface area (Å²) < 4.78 is 2.11. The van der Waals surface area contributed by atoms with Gasteiger partial charge in [0.2, 0.25) is 11.4 Å². The normalized spacial score (nSPS) is 14.0. The zero-order valence-corrected chi connectivity index (χ0v) is 14.8. The minimum absolute atomic E-state index is 1.11. The lowest BCUT2D eigenvalue weighted by molar-refractivity contribution is -0.389. The van der Waals surface area contributed by atoms with E-state index >= 15 is 0 Å². The maximum absolute atomic E-state index is 4.32. The van der Waals surface area contributed by atoms with Crippen LogP contribution in [0.5, 0.6) is 0 Å². The standard InChI is InChI=1S/C21H23N2/c1-13-7-15(3)20(16(4)8-13)19-11-22-12-23(19)21-17(5)9-14(2)10-18(21)6/h7-11H,1-6H3/q+1. The molecular formula is C21H23N2+. The summed E-state index contributed by atoms with van der Waals surface area (Å²) >= 11 is 0. The van der Waals surface area contributed by atoms with Crippen molar-refractivity contribution >= 4 is 17.6 Å².